The quantitative estimate of drug-likeness (QED) is 0.307. The first kappa shape index (κ1) is 31.1. The Bertz CT molecular complexity index is 1100. The number of hydrogen-bond acceptors (Lipinski definition) is 10. The Balaban J connectivity index is 1.22. The third-order valence-electron chi connectivity index (χ3n) is 8.20. The van der Waals surface area contributed by atoms with E-state index in [0.29, 0.717) is 30.7 Å². The van der Waals surface area contributed by atoms with Crippen LogP contribution in [-0.4, -0.2) is 105 Å². The summed E-state index contributed by atoms with van der Waals surface area (Å²) in [6, 6.07) is -3.52. The van der Waals surface area contributed by atoms with Gasteiger partial charge in [-0.15, -0.1) is 16.8 Å². The predicted octanol–water partition coefficient (Wildman–Crippen LogP) is 1.92. The Morgan fingerprint density at radius 2 is 1.71 bits per heavy atom. The molecule has 0 spiro atoms. The first-order chi connectivity index (χ1) is 19.3. The van der Waals surface area contributed by atoms with Crippen LogP contribution in [0.1, 0.15) is 58.3 Å². The van der Waals surface area contributed by atoms with Gasteiger partial charge in [-0.25, -0.2) is 4.79 Å². The van der Waals surface area contributed by atoms with Gasteiger partial charge in [0.2, 0.25) is 11.8 Å². The largest absolute Gasteiger partial charge is 0.404 e. The Hall–Kier alpha value is -2.81. The molecule has 0 aromatic rings. The number of likely N-dealkylation sites (N-methyl/N-ethyl adjacent to an activating group) is 1. The average molecular weight is 603 g/mol. The zero-order valence-electron chi connectivity index (χ0n) is 22.8. The number of carbonyl (C=O) groups is 6. The van der Waals surface area contributed by atoms with Crippen molar-refractivity contribution in [1.29, 1.82) is 0 Å². The van der Waals surface area contributed by atoms with E-state index < -0.39 is 64.9 Å². The summed E-state index contributed by atoms with van der Waals surface area (Å²) in [5, 5.41) is -0.256. The van der Waals surface area contributed by atoms with Crippen LogP contribution in [0.3, 0.4) is 0 Å². The highest BCUT2D eigenvalue weighted by Crippen LogP contribution is 2.35. The Morgan fingerprint density at radius 1 is 1.10 bits per heavy atom. The molecule has 3 aliphatic heterocycles. The van der Waals surface area contributed by atoms with E-state index in [-0.39, 0.29) is 49.8 Å². The molecule has 0 N–H and O–H groups in total. The fraction of sp³-hybridized carbons (Fsp3) is 0.731. The third-order valence-corrected chi connectivity index (χ3v) is 9.44. The number of alkyl halides is 3. The van der Waals surface area contributed by atoms with Gasteiger partial charge in [-0.1, -0.05) is 0 Å². The summed E-state index contributed by atoms with van der Waals surface area (Å²) >= 11 is 1.01. The van der Waals surface area contributed by atoms with Crippen LogP contribution in [0.25, 0.3) is 0 Å². The van der Waals surface area contributed by atoms with Gasteiger partial charge in [0.1, 0.15) is 12.1 Å². The van der Waals surface area contributed by atoms with Gasteiger partial charge in [0.05, 0.1) is 17.2 Å². The van der Waals surface area contributed by atoms with Crippen molar-refractivity contribution in [2.24, 2.45) is 16.8 Å². The molecule has 1 aliphatic carbocycles. The fourth-order valence-electron chi connectivity index (χ4n) is 5.46. The molecule has 41 heavy (non-hydrogen) atoms. The van der Waals surface area contributed by atoms with Crippen molar-refractivity contribution in [3.63, 3.8) is 0 Å². The second-order valence-electron chi connectivity index (χ2n) is 10.9. The van der Waals surface area contributed by atoms with Crippen LogP contribution >= 0.6 is 11.8 Å². The molecule has 4 rings (SSSR count). The van der Waals surface area contributed by atoms with Gasteiger partial charge in [0, 0.05) is 32.0 Å². The molecule has 3 heterocycles. The van der Waals surface area contributed by atoms with Crippen LogP contribution in [0.5, 0.6) is 0 Å². The lowest BCUT2D eigenvalue weighted by molar-refractivity contribution is -0.201. The van der Waals surface area contributed by atoms with Gasteiger partial charge in [0.25, 0.3) is 11.8 Å². The molecule has 2 saturated heterocycles. The molecular weight excluding hydrogens is 569 g/mol. The summed E-state index contributed by atoms with van der Waals surface area (Å²) in [6.07, 6.45) is -1.75. The van der Waals surface area contributed by atoms with Gasteiger partial charge >= 0.3 is 12.1 Å². The van der Waals surface area contributed by atoms with Gasteiger partial charge in [-0.3, -0.25) is 38.8 Å². The van der Waals surface area contributed by atoms with E-state index in [9.17, 15) is 41.9 Å². The predicted molar refractivity (Wildman–Crippen MR) is 139 cm³/mol. The Labute approximate surface area is 239 Å². The maximum absolute atomic E-state index is 13.8. The molecule has 0 aromatic carbocycles. The number of amides is 4. The van der Waals surface area contributed by atoms with E-state index in [0.717, 1.165) is 21.6 Å². The highest BCUT2D eigenvalue weighted by Gasteiger charge is 2.46. The van der Waals surface area contributed by atoms with Crippen molar-refractivity contribution >= 4 is 53.4 Å². The molecule has 226 valence electrons. The SMILES string of the molecule is C[C@@H](C(=O)[C@@H]1C=N1)N(C)C(CCSC1CC(=O)N(CC2CCC(C(=O)ON3C(=O)CCC3=O)CC2)C1=O)C(F)(F)F. The maximum atomic E-state index is 13.8. The first-order valence-corrected chi connectivity index (χ1v) is 14.7. The number of thioether (sulfide) groups is 1. The molecular formula is C26H33F3N4O7S. The molecule has 11 nitrogen and oxygen atoms in total. The van der Waals surface area contributed by atoms with Crippen molar-refractivity contribution in [3.8, 4) is 0 Å². The minimum Gasteiger partial charge on any atom is -0.330 e. The molecule has 4 amide bonds. The van der Waals surface area contributed by atoms with Crippen LogP contribution in [0.4, 0.5) is 13.2 Å². The highest BCUT2D eigenvalue weighted by atomic mass is 32.2. The maximum Gasteiger partial charge on any atom is 0.404 e. The number of rotatable bonds is 12. The van der Waals surface area contributed by atoms with Crippen LogP contribution in [-0.2, 0) is 33.6 Å². The van der Waals surface area contributed by atoms with E-state index in [1.165, 1.54) is 20.2 Å². The number of Topliss-reactive ketones (excluding diaryl/α,β-unsaturated/α-hetero) is 1. The molecule has 1 saturated carbocycles. The number of halogens is 3. The minimum absolute atomic E-state index is 0.00636. The van der Waals surface area contributed by atoms with Crippen LogP contribution in [0.15, 0.2) is 4.99 Å². The molecule has 3 fully saturated rings. The van der Waals surface area contributed by atoms with Gasteiger partial charge in [-0.05, 0) is 57.7 Å². The van der Waals surface area contributed by atoms with E-state index in [1.807, 2.05) is 0 Å². The Morgan fingerprint density at radius 3 is 2.27 bits per heavy atom. The molecule has 2 unspecified atom stereocenters. The van der Waals surface area contributed by atoms with Crippen molar-refractivity contribution in [3.05, 3.63) is 0 Å². The summed E-state index contributed by atoms with van der Waals surface area (Å²) in [5.74, 6) is -3.55. The van der Waals surface area contributed by atoms with Crippen LogP contribution < -0.4 is 0 Å². The lowest BCUT2D eigenvalue weighted by Crippen LogP contribution is -2.51. The van der Waals surface area contributed by atoms with E-state index in [4.69, 9.17) is 4.84 Å². The number of nitrogens with zero attached hydrogens (tertiary/aromatic N) is 4. The standard InChI is InChI=1S/C26H33F3N4O7S/c1-14(23(37)17-12-30-17)31(2)19(26(27,28)29)9-10-41-18-11-22(36)32(24(18)38)13-15-3-5-16(6-4-15)25(39)40-33-20(34)7-8-21(33)35/h12,14-19H,3-11,13H2,1-2H3/t14-,15?,16?,17-,18?,19?/m0/s1. The average Bonchev–Trinajstić information content (AvgIpc) is 3.68. The van der Waals surface area contributed by atoms with Crippen molar-refractivity contribution in [1.82, 2.24) is 14.9 Å². The number of ketones is 1. The number of carbonyl (C=O) groups excluding carboxylic acids is 6. The first-order valence-electron chi connectivity index (χ1n) is 13.7. The molecule has 4 aliphatic rings. The monoisotopic (exact) mass is 602 g/mol. The van der Waals surface area contributed by atoms with E-state index >= 15 is 0 Å². The van der Waals surface area contributed by atoms with E-state index in [1.54, 1.807) is 0 Å². The second kappa shape index (κ2) is 12.6. The van der Waals surface area contributed by atoms with Crippen LogP contribution in [0.2, 0.25) is 0 Å². The summed E-state index contributed by atoms with van der Waals surface area (Å²) in [6.45, 7) is 1.58. The summed E-state index contributed by atoms with van der Waals surface area (Å²) in [5.41, 5.74) is 0. The lowest BCUT2D eigenvalue weighted by Gasteiger charge is -2.33. The van der Waals surface area contributed by atoms with Crippen molar-refractivity contribution in [2.75, 3.05) is 19.3 Å². The molecule has 0 bridgehead atoms. The number of aliphatic imine (C=N–C) groups is 1. The number of hydroxylamine groups is 2. The second-order valence-corrected chi connectivity index (χ2v) is 12.3. The van der Waals surface area contributed by atoms with Crippen molar-refractivity contribution in [2.45, 2.75) is 87.8 Å². The van der Waals surface area contributed by atoms with Gasteiger partial charge in [-0.2, -0.15) is 13.2 Å². The Kier molecular flexibility index (Phi) is 9.56. The highest BCUT2D eigenvalue weighted by molar-refractivity contribution is 8.00. The van der Waals surface area contributed by atoms with E-state index in [2.05, 4.69) is 4.99 Å². The smallest absolute Gasteiger partial charge is 0.330 e. The fourth-order valence-corrected chi connectivity index (χ4v) is 6.64. The number of hydrogen-bond donors (Lipinski definition) is 0. The number of imide groups is 2. The third kappa shape index (κ3) is 7.34. The lowest BCUT2D eigenvalue weighted by atomic mass is 9.82. The zero-order chi connectivity index (χ0) is 30.1. The molecule has 0 radical (unpaired) electrons. The normalized spacial score (nSPS) is 28.0. The van der Waals surface area contributed by atoms with Gasteiger partial charge < -0.3 is 4.84 Å². The molecule has 4 atom stereocenters. The summed E-state index contributed by atoms with van der Waals surface area (Å²) < 4.78 is 41.4. The number of likely N-dealkylation sites (tertiary alicyclic amines) is 1. The summed E-state index contributed by atoms with van der Waals surface area (Å²) in [4.78, 5) is 84.4. The minimum atomic E-state index is -4.58. The summed E-state index contributed by atoms with van der Waals surface area (Å²) in [7, 11) is 1.25. The van der Waals surface area contributed by atoms with Gasteiger partial charge in [0.15, 0.2) is 5.78 Å². The van der Waals surface area contributed by atoms with Crippen LogP contribution in [0, 0.1) is 11.8 Å². The topological polar surface area (TPSA) is 134 Å². The molecule has 15 heteroatoms. The molecule has 0 aromatic heterocycles. The zero-order valence-corrected chi connectivity index (χ0v) is 23.6. The van der Waals surface area contributed by atoms with Crippen molar-refractivity contribution < 1.29 is 46.8 Å².